The summed E-state index contributed by atoms with van der Waals surface area (Å²) < 4.78 is 31.1. The second-order valence-corrected chi connectivity index (χ2v) is 14.9. The maximum atomic E-state index is 13.6. The van der Waals surface area contributed by atoms with E-state index in [9.17, 15) is 43.5 Å². The van der Waals surface area contributed by atoms with E-state index < -0.39 is 98.9 Å². The van der Waals surface area contributed by atoms with Gasteiger partial charge in [-0.15, -0.1) is 5.10 Å². The molecule has 0 aliphatic carbocycles. The fraction of sp³-hybridized carbons (Fsp3) is 0.412. The van der Waals surface area contributed by atoms with Crippen molar-refractivity contribution < 1.29 is 62.4 Å². The number of ether oxygens (including phenoxy) is 1. The minimum absolute atomic E-state index is 0.0790. The zero-order valence-corrected chi connectivity index (χ0v) is 31.5. The first-order valence-corrected chi connectivity index (χ1v) is 19.1. The smallest absolute Gasteiger partial charge is 0.433 e. The maximum Gasteiger partial charge on any atom is 0.433 e. The van der Waals surface area contributed by atoms with Gasteiger partial charge in [0.1, 0.15) is 42.8 Å². The number of carboxylic acids is 1. The Labute approximate surface area is 324 Å². The molecule has 2 aliphatic heterocycles. The van der Waals surface area contributed by atoms with E-state index in [4.69, 9.17) is 24.6 Å². The average Bonchev–Trinajstić information content (AvgIpc) is 3.77. The van der Waals surface area contributed by atoms with Gasteiger partial charge in [0.25, 0.3) is 5.91 Å². The molecule has 0 bridgehead atoms. The number of nitrogens with zero attached hydrogens (tertiary/aromatic N) is 3. The number of carbonyl (C=O) groups is 6. The topological polar surface area (TPSA) is 325 Å². The predicted molar refractivity (Wildman–Crippen MR) is 196 cm³/mol. The summed E-state index contributed by atoms with van der Waals surface area (Å²) in [5.41, 5.74) is 7.02. The molecule has 5 rings (SSSR count). The van der Waals surface area contributed by atoms with E-state index in [-0.39, 0.29) is 25.3 Å². The van der Waals surface area contributed by atoms with Gasteiger partial charge < -0.3 is 47.1 Å². The molecule has 0 radical (unpaired) electrons. The number of fused-ring (bicyclic) bond motifs is 1. The molecule has 1 saturated heterocycles. The standard InChI is InChI=1S/C34H42N9O13P/c1-17(37-25(44)10-11-26(45)46)31(50)38-18(2)32(51)40-23(12-19-6-4-3-5-7-19)33(52)39-21-8-9-22-20(13-21)14-54-57(53,42-22)55-15-24-27(47)28(48)34(56-24)43-16-36-30(41-43)29(35)49/h3-9,13,16-18,23-24,27-28,34,47-48H,10-12,14-15H2,1-2H3,(H2,35,49)(H,37,44)(H,38,50)(H,39,52)(H,40,51)(H,42,53)(H,45,46). The third-order valence-electron chi connectivity index (χ3n) is 8.76. The molecule has 1 fully saturated rings. The van der Waals surface area contributed by atoms with Crippen LogP contribution in [0.2, 0.25) is 0 Å². The molecule has 8 atom stereocenters. The highest BCUT2D eigenvalue weighted by molar-refractivity contribution is 7.55. The van der Waals surface area contributed by atoms with Crippen molar-refractivity contribution in [2.45, 2.75) is 82.4 Å². The molecule has 3 heterocycles. The predicted octanol–water partition coefficient (Wildman–Crippen LogP) is -0.697. The van der Waals surface area contributed by atoms with Gasteiger partial charge >= 0.3 is 13.7 Å². The van der Waals surface area contributed by atoms with Crippen LogP contribution in [0.3, 0.4) is 0 Å². The summed E-state index contributed by atoms with van der Waals surface area (Å²) in [7, 11) is -4.02. The Hall–Kier alpha value is -5.77. The number of amides is 5. The lowest BCUT2D eigenvalue weighted by Gasteiger charge is -2.28. The molecule has 57 heavy (non-hydrogen) atoms. The minimum Gasteiger partial charge on any atom is -0.481 e. The Morgan fingerprint density at radius 2 is 1.68 bits per heavy atom. The molecule has 5 amide bonds. The molecule has 8 unspecified atom stereocenters. The van der Waals surface area contributed by atoms with Gasteiger partial charge in [0.2, 0.25) is 29.5 Å². The number of aromatic nitrogens is 3. The van der Waals surface area contributed by atoms with E-state index in [1.807, 2.05) is 0 Å². The monoisotopic (exact) mass is 815 g/mol. The number of benzene rings is 2. The number of aliphatic hydroxyl groups excluding tert-OH is 2. The van der Waals surface area contributed by atoms with Crippen LogP contribution in [0.4, 0.5) is 11.4 Å². The third kappa shape index (κ3) is 11.2. The highest BCUT2D eigenvalue weighted by Crippen LogP contribution is 2.53. The number of rotatable bonds is 17. The molecular weight excluding hydrogens is 773 g/mol. The van der Waals surface area contributed by atoms with Crippen LogP contribution in [-0.2, 0) is 55.3 Å². The highest BCUT2D eigenvalue weighted by atomic mass is 31.2. The number of nitrogens with two attached hydrogens (primary N) is 1. The lowest BCUT2D eigenvalue weighted by molar-refractivity contribution is -0.139. The Morgan fingerprint density at radius 1 is 0.982 bits per heavy atom. The number of anilines is 2. The molecule has 1 aromatic heterocycles. The van der Waals surface area contributed by atoms with Crippen LogP contribution in [0, 0.1) is 0 Å². The van der Waals surface area contributed by atoms with Gasteiger partial charge in [0.05, 0.1) is 19.6 Å². The van der Waals surface area contributed by atoms with Crippen LogP contribution >= 0.6 is 7.75 Å². The van der Waals surface area contributed by atoms with Gasteiger partial charge in [-0.2, -0.15) is 0 Å². The number of aliphatic carboxylic acids is 1. The van der Waals surface area contributed by atoms with Gasteiger partial charge in [-0.25, -0.2) is 14.2 Å². The van der Waals surface area contributed by atoms with E-state index in [1.54, 1.807) is 36.4 Å². The molecule has 306 valence electrons. The fourth-order valence-electron chi connectivity index (χ4n) is 5.66. The van der Waals surface area contributed by atoms with E-state index in [2.05, 4.69) is 36.4 Å². The van der Waals surface area contributed by atoms with Crippen molar-refractivity contribution in [1.29, 1.82) is 0 Å². The van der Waals surface area contributed by atoms with Gasteiger partial charge in [0, 0.05) is 29.8 Å². The first-order chi connectivity index (χ1) is 27.0. The van der Waals surface area contributed by atoms with E-state index in [1.165, 1.54) is 26.0 Å². The quantitative estimate of drug-likeness (QED) is 0.0761. The number of hydrogen-bond donors (Lipinski definition) is 9. The summed E-state index contributed by atoms with van der Waals surface area (Å²) in [6.45, 7) is 2.06. The summed E-state index contributed by atoms with van der Waals surface area (Å²) >= 11 is 0. The van der Waals surface area contributed by atoms with Gasteiger partial charge in [-0.1, -0.05) is 30.3 Å². The van der Waals surface area contributed by atoms with Crippen molar-refractivity contribution in [1.82, 2.24) is 30.7 Å². The summed E-state index contributed by atoms with van der Waals surface area (Å²) in [6.07, 6.45) is -4.99. The van der Waals surface area contributed by atoms with Gasteiger partial charge in [-0.3, -0.25) is 42.9 Å². The first-order valence-electron chi connectivity index (χ1n) is 17.5. The molecule has 10 N–H and O–H groups in total. The van der Waals surface area contributed by atoms with Crippen LogP contribution in [0.15, 0.2) is 54.9 Å². The average molecular weight is 816 g/mol. The molecule has 2 aliphatic rings. The second-order valence-electron chi connectivity index (χ2n) is 13.2. The van der Waals surface area contributed by atoms with Crippen LogP contribution in [-0.4, -0.2) is 109 Å². The molecule has 0 spiro atoms. The Balaban J connectivity index is 1.17. The summed E-state index contributed by atoms with van der Waals surface area (Å²) in [4.78, 5) is 77.2. The molecule has 2 aromatic carbocycles. The Kier molecular flexibility index (Phi) is 13.7. The van der Waals surface area contributed by atoms with E-state index in [0.717, 1.165) is 16.6 Å². The van der Waals surface area contributed by atoms with Crippen LogP contribution in [0.25, 0.3) is 0 Å². The fourth-order valence-corrected chi connectivity index (χ4v) is 7.03. The maximum absolute atomic E-state index is 13.6. The highest BCUT2D eigenvalue weighted by Gasteiger charge is 2.46. The first kappa shape index (κ1) is 42.4. The van der Waals surface area contributed by atoms with Crippen LogP contribution < -0.4 is 32.1 Å². The van der Waals surface area contributed by atoms with E-state index in [0.29, 0.717) is 16.9 Å². The normalized spacial score (nSPS) is 22.8. The number of nitrogens with one attached hydrogen (secondary N) is 5. The number of carbonyl (C=O) groups excluding carboxylic acids is 5. The van der Waals surface area contributed by atoms with Crippen molar-refractivity contribution in [3.05, 3.63) is 71.8 Å². The molecule has 3 aromatic rings. The molecule has 0 saturated carbocycles. The van der Waals surface area contributed by atoms with Crippen molar-refractivity contribution in [3.63, 3.8) is 0 Å². The second kappa shape index (κ2) is 18.4. The zero-order chi connectivity index (χ0) is 41.4. The Bertz CT molecular complexity index is 2030. The third-order valence-corrected chi connectivity index (χ3v) is 10.2. The molecule has 22 nitrogen and oxygen atoms in total. The van der Waals surface area contributed by atoms with Crippen molar-refractivity contribution >= 4 is 54.6 Å². The van der Waals surface area contributed by atoms with Gasteiger partial charge in [-0.05, 0) is 37.6 Å². The van der Waals surface area contributed by atoms with Crippen LogP contribution in [0.5, 0.6) is 0 Å². The van der Waals surface area contributed by atoms with Crippen molar-refractivity contribution in [2.24, 2.45) is 5.73 Å². The lowest BCUT2D eigenvalue weighted by Crippen LogP contribution is -2.55. The van der Waals surface area contributed by atoms with Crippen molar-refractivity contribution in [2.75, 3.05) is 17.0 Å². The lowest BCUT2D eigenvalue weighted by atomic mass is 10.0. The number of primary amides is 1. The minimum atomic E-state index is -4.02. The summed E-state index contributed by atoms with van der Waals surface area (Å²) in [5.74, 6) is -5.05. The Morgan fingerprint density at radius 3 is 2.37 bits per heavy atom. The molecule has 23 heteroatoms. The number of aliphatic hydroxyl groups is 2. The number of hydrogen-bond acceptors (Lipinski definition) is 14. The zero-order valence-electron chi connectivity index (χ0n) is 30.6. The largest absolute Gasteiger partial charge is 0.481 e. The van der Waals surface area contributed by atoms with Crippen LogP contribution in [0.1, 0.15) is 54.7 Å². The summed E-state index contributed by atoms with van der Waals surface area (Å²) in [5, 5.41) is 46.5. The molecular formula is C34H42N9O13P. The SMILES string of the molecule is CC(NC(=O)CCC(=O)O)C(=O)NC(C)C(=O)NC(Cc1ccccc1)C(=O)Nc1ccc2c(c1)COP(=O)(OCC1OC(n3cnc(C(N)=O)n3)C(O)C1O)N2. The summed E-state index contributed by atoms with van der Waals surface area (Å²) in [6, 6.07) is 10.1. The van der Waals surface area contributed by atoms with E-state index >= 15 is 0 Å². The number of carboxylic acid groups (broad SMARTS) is 1. The van der Waals surface area contributed by atoms with Crippen molar-refractivity contribution in [3.8, 4) is 0 Å². The van der Waals surface area contributed by atoms with Gasteiger partial charge in [0.15, 0.2) is 6.23 Å².